The lowest BCUT2D eigenvalue weighted by Crippen LogP contribution is -2.14. The van der Waals surface area contributed by atoms with Gasteiger partial charge in [0.25, 0.3) is 0 Å². The van der Waals surface area contributed by atoms with Crippen molar-refractivity contribution >= 4 is 0 Å². The molecule has 2 heterocycles. The molecule has 0 aromatic carbocycles. The summed E-state index contributed by atoms with van der Waals surface area (Å²) in [4.78, 5) is 0. The molecule has 19 heavy (non-hydrogen) atoms. The van der Waals surface area contributed by atoms with E-state index in [1.165, 1.54) is 16.8 Å². The Bertz CT molecular complexity index is 552. The van der Waals surface area contributed by atoms with Crippen molar-refractivity contribution in [1.82, 2.24) is 24.9 Å². The highest BCUT2D eigenvalue weighted by molar-refractivity contribution is 5.28. The third kappa shape index (κ3) is 2.71. The normalized spacial score (nSPS) is 12.9. The molecule has 1 atom stereocenters. The van der Waals surface area contributed by atoms with Crippen LogP contribution in [0.2, 0.25) is 0 Å². The molecule has 1 unspecified atom stereocenters. The monoisotopic (exact) mass is 261 g/mol. The largest absolute Gasteiger partial charge is 0.313 e. The van der Waals surface area contributed by atoms with Crippen LogP contribution in [0.25, 0.3) is 0 Å². The molecule has 5 nitrogen and oxygen atoms in total. The van der Waals surface area contributed by atoms with Crippen LogP contribution in [0.4, 0.5) is 0 Å². The predicted octanol–water partition coefficient (Wildman–Crippen LogP) is 2.05. The number of rotatable bonds is 5. The topological polar surface area (TPSA) is 47.7 Å². The van der Waals surface area contributed by atoms with Gasteiger partial charge in [0, 0.05) is 35.6 Å². The number of nitrogens with one attached hydrogen (secondary N) is 1. The third-order valence-corrected chi connectivity index (χ3v) is 3.65. The van der Waals surface area contributed by atoms with Crippen molar-refractivity contribution in [3.8, 4) is 0 Å². The second kappa shape index (κ2) is 5.57. The van der Waals surface area contributed by atoms with Crippen LogP contribution >= 0.6 is 0 Å². The molecule has 0 bridgehead atoms. The smallest absolute Gasteiger partial charge is 0.0693 e. The van der Waals surface area contributed by atoms with Crippen LogP contribution in [-0.4, -0.2) is 26.6 Å². The summed E-state index contributed by atoms with van der Waals surface area (Å²) >= 11 is 0. The SMILES string of the molecule is CCn1cc(Cn2nc(C)c(C(C)NC)c2C)cn1. The van der Waals surface area contributed by atoms with Crippen molar-refractivity contribution in [2.24, 2.45) is 0 Å². The molecule has 0 radical (unpaired) electrons. The van der Waals surface area contributed by atoms with Gasteiger partial charge < -0.3 is 5.32 Å². The summed E-state index contributed by atoms with van der Waals surface area (Å²) in [6, 6.07) is 0.326. The Labute approximate surface area is 114 Å². The summed E-state index contributed by atoms with van der Waals surface area (Å²) in [5.41, 5.74) is 4.81. The van der Waals surface area contributed by atoms with E-state index in [0.717, 1.165) is 18.8 Å². The van der Waals surface area contributed by atoms with Crippen LogP contribution in [0.3, 0.4) is 0 Å². The van der Waals surface area contributed by atoms with Crippen LogP contribution in [-0.2, 0) is 13.1 Å². The summed E-state index contributed by atoms with van der Waals surface area (Å²) in [7, 11) is 1.98. The van der Waals surface area contributed by atoms with Gasteiger partial charge in [0.2, 0.25) is 0 Å². The van der Waals surface area contributed by atoms with Crippen molar-refractivity contribution in [2.75, 3.05) is 7.05 Å². The fourth-order valence-electron chi connectivity index (χ4n) is 2.47. The van der Waals surface area contributed by atoms with Crippen LogP contribution in [0.1, 0.15) is 42.4 Å². The van der Waals surface area contributed by atoms with Crippen molar-refractivity contribution in [3.63, 3.8) is 0 Å². The molecule has 2 rings (SSSR count). The van der Waals surface area contributed by atoms with Gasteiger partial charge in [0.05, 0.1) is 18.4 Å². The van der Waals surface area contributed by atoms with Gasteiger partial charge in [-0.2, -0.15) is 10.2 Å². The Balaban J connectivity index is 2.26. The van der Waals surface area contributed by atoms with E-state index in [2.05, 4.69) is 54.1 Å². The first-order chi connectivity index (χ1) is 9.06. The number of nitrogens with zero attached hydrogens (tertiary/aromatic N) is 4. The lowest BCUT2D eigenvalue weighted by Gasteiger charge is -2.11. The van der Waals surface area contributed by atoms with E-state index in [-0.39, 0.29) is 0 Å². The minimum atomic E-state index is 0.326. The van der Waals surface area contributed by atoms with Crippen molar-refractivity contribution in [2.45, 2.75) is 46.8 Å². The second-order valence-corrected chi connectivity index (χ2v) is 4.96. The molecular formula is C14H23N5. The maximum absolute atomic E-state index is 4.65. The average Bonchev–Trinajstić information content (AvgIpc) is 2.95. The minimum Gasteiger partial charge on any atom is -0.313 e. The Morgan fingerprint density at radius 3 is 2.68 bits per heavy atom. The quantitative estimate of drug-likeness (QED) is 0.896. The van der Waals surface area contributed by atoms with Gasteiger partial charge in [-0.1, -0.05) is 0 Å². The Kier molecular flexibility index (Phi) is 4.04. The first-order valence-electron chi connectivity index (χ1n) is 6.79. The number of hydrogen-bond donors (Lipinski definition) is 1. The van der Waals surface area contributed by atoms with Crippen molar-refractivity contribution in [3.05, 3.63) is 34.9 Å². The van der Waals surface area contributed by atoms with Gasteiger partial charge in [-0.25, -0.2) is 0 Å². The molecule has 0 amide bonds. The van der Waals surface area contributed by atoms with Crippen molar-refractivity contribution in [1.29, 1.82) is 0 Å². The molecular weight excluding hydrogens is 238 g/mol. The minimum absolute atomic E-state index is 0.326. The first kappa shape index (κ1) is 13.8. The molecule has 2 aromatic heterocycles. The Hall–Kier alpha value is -1.62. The van der Waals surface area contributed by atoms with Crippen molar-refractivity contribution < 1.29 is 0 Å². The van der Waals surface area contributed by atoms with Crippen LogP contribution in [0, 0.1) is 13.8 Å². The zero-order valence-corrected chi connectivity index (χ0v) is 12.4. The van der Waals surface area contributed by atoms with E-state index in [9.17, 15) is 0 Å². The molecule has 0 aliphatic carbocycles. The molecule has 0 aliphatic heterocycles. The molecule has 0 saturated heterocycles. The maximum atomic E-state index is 4.65. The summed E-state index contributed by atoms with van der Waals surface area (Å²) in [5, 5.41) is 12.2. The summed E-state index contributed by atoms with van der Waals surface area (Å²) in [5.74, 6) is 0. The zero-order valence-electron chi connectivity index (χ0n) is 12.4. The van der Waals surface area contributed by atoms with E-state index in [1.807, 2.05) is 17.9 Å². The van der Waals surface area contributed by atoms with E-state index >= 15 is 0 Å². The maximum Gasteiger partial charge on any atom is 0.0693 e. The lowest BCUT2D eigenvalue weighted by molar-refractivity contribution is 0.631. The van der Waals surface area contributed by atoms with E-state index in [1.54, 1.807) is 0 Å². The highest BCUT2D eigenvalue weighted by Crippen LogP contribution is 2.21. The Morgan fingerprint density at radius 1 is 1.37 bits per heavy atom. The number of hydrogen-bond acceptors (Lipinski definition) is 3. The fourth-order valence-corrected chi connectivity index (χ4v) is 2.47. The summed E-state index contributed by atoms with van der Waals surface area (Å²) in [6.07, 6.45) is 4.00. The fraction of sp³-hybridized carbons (Fsp3) is 0.571. The van der Waals surface area contributed by atoms with Crippen LogP contribution in [0.5, 0.6) is 0 Å². The predicted molar refractivity (Wildman–Crippen MR) is 76.2 cm³/mol. The van der Waals surface area contributed by atoms with Gasteiger partial charge in [0.1, 0.15) is 0 Å². The molecule has 104 valence electrons. The molecule has 0 saturated carbocycles. The first-order valence-corrected chi connectivity index (χ1v) is 6.79. The summed E-state index contributed by atoms with van der Waals surface area (Å²) < 4.78 is 4.01. The van der Waals surface area contributed by atoms with E-state index in [4.69, 9.17) is 0 Å². The lowest BCUT2D eigenvalue weighted by atomic mass is 10.1. The second-order valence-electron chi connectivity index (χ2n) is 4.96. The molecule has 5 heteroatoms. The Morgan fingerprint density at radius 2 is 2.11 bits per heavy atom. The number of aromatic nitrogens is 4. The van der Waals surface area contributed by atoms with Gasteiger partial charge in [0.15, 0.2) is 0 Å². The van der Waals surface area contributed by atoms with E-state index < -0.39 is 0 Å². The summed E-state index contributed by atoms with van der Waals surface area (Å²) in [6.45, 7) is 10.1. The molecule has 0 aliphatic rings. The van der Waals surface area contributed by atoms with Crippen LogP contribution in [0.15, 0.2) is 12.4 Å². The molecule has 2 aromatic rings. The molecule has 0 fully saturated rings. The highest BCUT2D eigenvalue weighted by atomic mass is 15.3. The average molecular weight is 261 g/mol. The highest BCUT2D eigenvalue weighted by Gasteiger charge is 2.16. The zero-order chi connectivity index (χ0) is 14.0. The van der Waals surface area contributed by atoms with Gasteiger partial charge in [-0.05, 0) is 34.7 Å². The van der Waals surface area contributed by atoms with Gasteiger partial charge >= 0.3 is 0 Å². The standard InChI is InChI=1S/C14H23N5/c1-6-18-8-13(7-16-18)9-19-12(4)14(10(2)15-5)11(3)17-19/h7-8,10,15H,6,9H2,1-5H3. The molecule has 1 N–H and O–H groups in total. The van der Waals surface area contributed by atoms with Gasteiger partial charge in [-0.3, -0.25) is 9.36 Å². The van der Waals surface area contributed by atoms with Gasteiger partial charge in [-0.15, -0.1) is 0 Å². The third-order valence-electron chi connectivity index (χ3n) is 3.65. The number of aryl methyl sites for hydroxylation is 2. The van der Waals surface area contributed by atoms with E-state index in [0.29, 0.717) is 6.04 Å². The molecule has 0 spiro atoms. The van der Waals surface area contributed by atoms with Crippen LogP contribution < -0.4 is 5.32 Å².